The zero-order valence-electron chi connectivity index (χ0n) is 27.8. The van der Waals surface area contributed by atoms with E-state index in [1.807, 2.05) is 13.8 Å². The maximum absolute atomic E-state index is 13.9. The minimum absolute atomic E-state index is 0.0875. The number of carbonyl (C=O) groups is 1. The van der Waals surface area contributed by atoms with Gasteiger partial charge < -0.3 is 25.3 Å². The van der Waals surface area contributed by atoms with Gasteiger partial charge in [0.05, 0.1) is 0 Å². The zero-order chi connectivity index (χ0) is 32.7. The van der Waals surface area contributed by atoms with Crippen LogP contribution >= 0.6 is 0 Å². The minimum atomic E-state index is -4.59. The number of rotatable bonds is 14. The Kier molecular flexibility index (Phi) is 11.8. The lowest BCUT2D eigenvalue weighted by atomic mass is 9.86. The SMILES string of the molecule is CCCC(=O)N(CCC)CCCNc1nc(Nc2ccc(C3CCN(C4CCN(C)CC4)CC3)cc2C2CC2)ncc1C(F)(F)F. The molecule has 0 spiro atoms. The number of hydrogen-bond acceptors (Lipinski definition) is 7. The van der Waals surface area contributed by atoms with Crippen molar-refractivity contribution in [3.8, 4) is 0 Å². The van der Waals surface area contributed by atoms with Crippen molar-refractivity contribution in [3.05, 3.63) is 41.1 Å². The number of carbonyl (C=O) groups excluding carboxylic acids is 1. The molecule has 2 saturated heterocycles. The summed E-state index contributed by atoms with van der Waals surface area (Å²) >= 11 is 0. The molecule has 3 heterocycles. The molecule has 0 bridgehead atoms. The van der Waals surface area contributed by atoms with Crippen LogP contribution in [0.5, 0.6) is 0 Å². The number of nitrogens with zero attached hydrogens (tertiary/aromatic N) is 5. The summed E-state index contributed by atoms with van der Waals surface area (Å²) in [4.78, 5) is 27.7. The quantitative estimate of drug-likeness (QED) is 0.210. The zero-order valence-corrected chi connectivity index (χ0v) is 27.8. The summed E-state index contributed by atoms with van der Waals surface area (Å²) in [6.45, 7) is 10.0. The lowest BCUT2D eigenvalue weighted by Gasteiger charge is -2.41. The van der Waals surface area contributed by atoms with Crippen LogP contribution in [0.25, 0.3) is 0 Å². The molecule has 46 heavy (non-hydrogen) atoms. The van der Waals surface area contributed by atoms with E-state index in [4.69, 9.17) is 0 Å². The monoisotopic (exact) mass is 643 g/mol. The molecule has 1 amide bonds. The molecular formula is C35H52F3N7O. The number of halogens is 3. The summed E-state index contributed by atoms with van der Waals surface area (Å²) in [5, 5.41) is 6.15. The third-order valence-corrected chi connectivity index (χ3v) is 9.85. The van der Waals surface area contributed by atoms with Crippen LogP contribution in [0.2, 0.25) is 0 Å². The van der Waals surface area contributed by atoms with Crippen molar-refractivity contribution in [2.45, 2.75) is 102 Å². The van der Waals surface area contributed by atoms with Crippen LogP contribution in [-0.2, 0) is 11.0 Å². The highest BCUT2D eigenvalue weighted by molar-refractivity contribution is 5.76. The summed E-state index contributed by atoms with van der Waals surface area (Å²) in [5.41, 5.74) is 2.54. The molecule has 0 radical (unpaired) electrons. The molecular weight excluding hydrogens is 591 g/mol. The van der Waals surface area contributed by atoms with Gasteiger partial charge >= 0.3 is 6.18 Å². The highest BCUT2D eigenvalue weighted by Gasteiger charge is 2.36. The molecule has 8 nitrogen and oxygen atoms in total. The van der Waals surface area contributed by atoms with Gasteiger partial charge in [0, 0.05) is 44.0 Å². The highest BCUT2D eigenvalue weighted by Crippen LogP contribution is 2.46. The number of alkyl halides is 3. The number of piperidine rings is 2. The molecule has 254 valence electrons. The van der Waals surface area contributed by atoms with Crippen LogP contribution < -0.4 is 10.6 Å². The fourth-order valence-electron chi connectivity index (χ4n) is 7.02. The molecule has 3 aliphatic rings. The molecule has 1 aromatic heterocycles. The van der Waals surface area contributed by atoms with Crippen molar-refractivity contribution in [1.29, 1.82) is 0 Å². The van der Waals surface area contributed by atoms with Crippen LogP contribution in [-0.4, -0.2) is 89.5 Å². The van der Waals surface area contributed by atoms with Gasteiger partial charge in [0.2, 0.25) is 11.9 Å². The average molecular weight is 644 g/mol. The van der Waals surface area contributed by atoms with Crippen molar-refractivity contribution < 1.29 is 18.0 Å². The summed E-state index contributed by atoms with van der Waals surface area (Å²) in [6.07, 6.45) is 5.93. The topological polar surface area (TPSA) is 76.6 Å². The molecule has 2 aliphatic heterocycles. The van der Waals surface area contributed by atoms with Crippen LogP contribution in [0.1, 0.15) is 107 Å². The van der Waals surface area contributed by atoms with Crippen molar-refractivity contribution in [3.63, 3.8) is 0 Å². The third kappa shape index (κ3) is 9.12. The van der Waals surface area contributed by atoms with E-state index >= 15 is 0 Å². The lowest BCUT2D eigenvalue weighted by Crippen LogP contribution is -2.46. The maximum atomic E-state index is 13.9. The molecule has 1 aliphatic carbocycles. The fraction of sp³-hybridized carbons (Fsp3) is 0.686. The molecule has 0 atom stereocenters. The van der Waals surface area contributed by atoms with E-state index in [0.29, 0.717) is 43.8 Å². The van der Waals surface area contributed by atoms with Gasteiger partial charge in [-0.1, -0.05) is 26.0 Å². The smallest absolute Gasteiger partial charge is 0.369 e. The average Bonchev–Trinajstić information content (AvgIpc) is 3.89. The van der Waals surface area contributed by atoms with Crippen molar-refractivity contribution in [1.82, 2.24) is 24.7 Å². The van der Waals surface area contributed by atoms with E-state index in [-0.39, 0.29) is 24.2 Å². The van der Waals surface area contributed by atoms with Crippen LogP contribution in [0.4, 0.5) is 30.6 Å². The first-order chi connectivity index (χ1) is 22.2. The number of benzene rings is 1. The van der Waals surface area contributed by atoms with Gasteiger partial charge in [0.25, 0.3) is 0 Å². The molecule has 2 N–H and O–H groups in total. The summed E-state index contributed by atoms with van der Waals surface area (Å²) < 4.78 is 41.6. The van der Waals surface area contributed by atoms with E-state index in [0.717, 1.165) is 63.5 Å². The first-order valence-electron chi connectivity index (χ1n) is 17.5. The number of nitrogens with one attached hydrogen (secondary N) is 2. The Morgan fingerprint density at radius 2 is 1.72 bits per heavy atom. The molecule has 2 aromatic rings. The van der Waals surface area contributed by atoms with Crippen LogP contribution in [0, 0.1) is 0 Å². The standard InChI is InChI=1S/C35H52F3N7O/c1-4-7-32(46)45(17-5-2)18-6-16-39-33-30(35(36,37)38)24-40-34(42-33)41-31-11-10-27(23-29(31)26-8-9-26)25-12-21-44(22-13-25)28-14-19-43(3)20-15-28/h10-11,23-26,28H,4-9,12-22H2,1-3H3,(H2,39,40,41,42). The molecule has 11 heteroatoms. The number of likely N-dealkylation sites (tertiary alicyclic amines) is 2. The van der Waals surface area contributed by atoms with Gasteiger partial charge in [-0.2, -0.15) is 18.2 Å². The molecule has 1 saturated carbocycles. The minimum Gasteiger partial charge on any atom is -0.369 e. The number of aromatic nitrogens is 2. The molecule has 5 rings (SSSR count). The first kappa shape index (κ1) is 34.4. The van der Waals surface area contributed by atoms with E-state index in [1.54, 1.807) is 4.90 Å². The van der Waals surface area contributed by atoms with Gasteiger partial charge in [0.15, 0.2) is 0 Å². The Balaban J connectivity index is 1.23. The summed E-state index contributed by atoms with van der Waals surface area (Å²) in [5.74, 6) is 0.965. The number of hydrogen-bond donors (Lipinski definition) is 2. The Morgan fingerprint density at radius 3 is 2.37 bits per heavy atom. The fourth-order valence-corrected chi connectivity index (χ4v) is 7.02. The largest absolute Gasteiger partial charge is 0.421 e. The summed E-state index contributed by atoms with van der Waals surface area (Å²) in [6, 6.07) is 7.27. The summed E-state index contributed by atoms with van der Waals surface area (Å²) in [7, 11) is 2.21. The van der Waals surface area contributed by atoms with E-state index in [9.17, 15) is 18.0 Å². The lowest BCUT2D eigenvalue weighted by molar-refractivity contribution is -0.137. The van der Waals surface area contributed by atoms with Crippen LogP contribution in [0.3, 0.4) is 0 Å². The van der Waals surface area contributed by atoms with Gasteiger partial charge in [0.1, 0.15) is 11.4 Å². The first-order valence-corrected chi connectivity index (χ1v) is 17.5. The van der Waals surface area contributed by atoms with Crippen molar-refractivity contribution in [2.75, 3.05) is 63.5 Å². The second-order valence-electron chi connectivity index (χ2n) is 13.5. The van der Waals surface area contributed by atoms with Gasteiger partial charge in [-0.25, -0.2) is 4.98 Å². The van der Waals surface area contributed by atoms with Crippen LogP contribution in [0.15, 0.2) is 24.4 Å². The second kappa shape index (κ2) is 15.8. The van der Waals surface area contributed by atoms with E-state index < -0.39 is 11.7 Å². The molecule has 3 fully saturated rings. The Labute approximate surface area is 272 Å². The molecule has 1 aromatic carbocycles. The highest BCUT2D eigenvalue weighted by atomic mass is 19.4. The predicted molar refractivity (Wildman–Crippen MR) is 178 cm³/mol. The van der Waals surface area contributed by atoms with Crippen molar-refractivity contribution >= 4 is 23.4 Å². The molecule has 0 unspecified atom stereocenters. The van der Waals surface area contributed by atoms with E-state index in [2.05, 4.69) is 55.6 Å². The number of anilines is 3. The van der Waals surface area contributed by atoms with Gasteiger partial charge in [-0.15, -0.1) is 0 Å². The Morgan fingerprint density at radius 1 is 0.978 bits per heavy atom. The Hall–Kier alpha value is -2.92. The third-order valence-electron chi connectivity index (χ3n) is 9.85. The predicted octanol–water partition coefficient (Wildman–Crippen LogP) is 7.23. The second-order valence-corrected chi connectivity index (χ2v) is 13.5. The normalized spacial score (nSPS) is 18.9. The number of amides is 1. The van der Waals surface area contributed by atoms with Gasteiger partial charge in [-0.05, 0) is 120 Å². The van der Waals surface area contributed by atoms with E-state index in [1.165, 1.54) is 37.1 Å². The van der Waals surface area contributed by atoms with Crippen molar-refractivity contribution in [2.24, 2.45) is 0 Å². The maximum Gasteiger partial charge on any atom is 0.421 e. The van der Waals surface area contributed by atoms with Gasteiger partial charge in [-0.3, -0.25) is 4.79 Å². The Bertz CT molecular complexity index is 1290.